The fourth-order valence-electron chi connectivity index (χ4n) is 1.46. The number of hydrogen-bond acceptors (Lipinski definition) is 3. The Morgan fingerprint density at radius 3 is 2.72 bits per heavy atom. The maximum Gasteiger partial charge on any atom is 0.280 e. The van der Waals surface area contributed by atoms with Gasteiger partial charge in [0.05, 0.1) is 11.9 Å². The van der Waals surface area contributed by atoms with Gasteiger partial charge in [-0.15, -0.1) is 0 Å². The molecule has 0 aliphatic rings. The lowest BCUT2D eigenvalue weighted by Crippen LogP contribution is -2.17. The van der Waals surface area contributed by atoms with Gasteiger partial charge in [-0.2, -0.15) is 10.3 Å². The largest absolute Gasteiger partial charge is 0.300 e. The Labute approximate surface area is 101 Å². The van der Waals surface area contributed by atoms with Gasteiger partial charge in [-0.25, -0.2) is 8.78 Å². The summed E-state index contributed by atoms with van der Waals surface area (Å²) in [6, 6.07) is 7.87. The molecular weight excluding hydrogens is 238 g/mol. The Hall–Kier alpha value is -2.55. The molecule has 18 heavy (non-hydrogen) atoms. The SMILES string of the molecule is N#CN=c1ccccn1-c1ccc(C(F)F)nc1. The van der Waals surface area contributed by atoms with Crippen molar-refractivity contribution >= 4 is 0 Å². The van der Waals surface area contributed by atoms with Crippen LogP contribution < -0.4 is 5.49 Å². The zero-order valence-electron chi connectivity index (χ0n) is 9.16. The van der Waals surface area contributed by atoms with Crippen LogP contribution in [0.2, 0.25) is 0 Å². The topological polar surface area (TPSA) is 54.0 Å². The zero-order chi connectivity index (χ0) is 13.0. The molecule has 6 heteroatoms. The summed E-state index contributed by atoms with van der Waals surface area (Å²) in [5.41, 5.74) is 0.689. The Kier molecular flexibility index (Phi) is 3.44. The van der Waals surface area contributed by atoms with Crippen LogP contribution in [-0.4, -0.2) is 9.55 Å². The standard InChI is InChI=1S/C12H8F2N4/c13-12(14)10-5-4-9(7-16-10)18-6-2-1-3-11(18)17-8-15/h1-7,12H. The predicted octanol–water partition coefficient (Wildman–Crippen LogP) is 2.19. The third-order valence-corrected chi connectivity index (χ3v) is 2.28. The van der Waals surface area contributed by atoms with Crippen LogP contribution in [0.1, 0.15) is 12.1 Å². The summed E-state index contributed by atoms with van der Waals surface area (Å²) >= 11 is 0. The fourth-order valence-corrected chi connectivity index (χ4v) is 1.46. The molecule has 0 unspecified atom stereocenters. The average Bonchev–Trinajstić information content (AvgIpc) is 2.40. The Morgan fingerprint density at radius 2 is 2.11 bits per heavy atom. The first-order valence-corrected chi connectivity index (χ1v) is 5.07. The Morgan fingerprint density at radius 1 is 1.28 bits per heavy atom. The molecule has 0 radical (unpaired) electrons. The van der Waals surface area contributed by atoms with E-state index in [0.717, 1.165) is 0 Å². The van der Waals surface area contributed by atoms with Crippen LogP contribution in [0.15, 0.2) is 47.7 Å². The van der Waals surface area contributed by atoms with Crippen molar-refractivity contribution in [1.82, 2.24) is 9.55 Å². The quantitative estimate of drug-likeness (QED) is 0.763. The minimum atomic E-state index is -2.59. The van der Waals surface area contributed by atoms with Crippen molar-refractivity contribution in [2.45, 2.75) is 6.43 Å². The second-order valence-corrected chi connectivity index (χ2v) is 3.38. The molecule has 0 saturated heterocycles. The van der Waals surface area contributed by atoms with Gasteiger partial charge >= 0.3 is 0 Å². The maximum absolute atomic E-state index is 12.4. The maximum atomic E-state index is 12.4. The highest BCUT2D eigenvalue weighted by atomic mass is 19.3. The van der Waals surface area contributed by atoms with Crippen molar-refractivity contribution < 1.29 is 8.78 Å². The van der Waals surface area contributed by atoms with Gasteiger partial charge in [-0.1, -0.05) is 6.07 Å². The second kappa shape index (κ2) is 5.19. The van der Waals surface area contributed by atoms with Crippen molar-refractivity contribution in [2.75, 3.05) is 0 Å². The lowest BCUT2D eigenvalue weighted by atomic mass is 10.3. The summed E-state index contributed by atoms with van der Waals surface area (Å²) in [5.74, 6) is 0. The molecule has 0 aliphatic heterocycles. The fraction of sp³-hybridized carbons (Fsp3) is 0.0833. The minimum Gasteiger partial charge on any atom is -0.300 e. The van der Waals surface area contributed by atoms with Gasteiger partial charge in [0.2, 0.25) is 6.19 Å². The number of halogens is 2. The van der Waals surface area contributed by atoms with Gasteiger partial charge in [0.15, 0.2) is 0 Å². The van der Waals surface area contributed by atoms with Gasteiger partial charge in [-0.3, -0.25) is 9.55 Å². The highest BCUT2D eigenvalue weighted by Crippen LogP contribution is 2.16. The van der Waals surface area contributed by atoms with E-state index in [1.165, 1.54) is 18.3 Å². The predicted molar refractivity (Wildman–Crippen MR) is 59.7 cm³/mol. The molecule has 2 heterocycles. The van der Waals surface area contributed by atoms with Gasteiger partial charge in [0.25, 0.3) is 6.43 Å². The van der Waals surface area contributed by atoms with E-state index in [2.05, 4.69) is 9.98 Å². The lowest BCUT2D eigenvalue weighted by Gasteiger charge is -2.06. The number of rotatable bonds is 2. The van der Waals surface area contributed by atoms with E-state index in [-0.39, 0.29) is 5.69 Å². The summed E-state index contributed by atoms with van der Waals surface area (Å²) < 4.78 is 26.3. The van der Waals surface area contributed by atoms with Gasteiger partial charge < -0.3 is 0 Å². The number of hydrogen-bond donors (Lipinski definition) is 0. The van der Waals surface area contributed by atoms with Crippen LogP contribution in [0.4, 0.5) is 8.78 Å². The normalized spacial score (nSPS) is 11.6. The first kappa shape index (κ1) is 11.9. The molecule has 0 amide bonds. The van der Waals surface area contributed by atoms with E-state index in [1.807, 2.05) is 0 Å². The minimum absolute atomic E-state index is 0.283. The molecule has 0 fully saturated rings. The van der Waals surface area contributed by atoms with E-state index in [1.54, 1.807) is 35.2 Å². The number of nitrogens with zero attached hydrogens (tertiary/aromatic N) is 4. The Bertz CT molecular complexity index is 638. The summed E-state index contributed by atoms with van der Waals surface area (Å²) in [5, 5.41) is 8.56. The average molecular weight is 246 g/mol. The summed E-state index contributed by atoms with van der Waals surface area (Å²) in [6.07, 6.45) is 2.09. The molecule has 4 nitrogen and oxygen atoms in total. The third kappa shape index (κ3) is 2.40. The number of pyridine rings is 2. The summed E-state index contributed by atoms with van der Waals surface area (Å²) in [4.78, 5) is 7.29. The molecule has 0 aliphatic carbocycles. The molecule has 2 aromatic rings. The molecule has 0 saturated carbocycles. The lowest BCUT2D eigenvalue weighted by molar-refractivity contribution is 0.146. The molecule has 0 N–H and O–H groups in total. The first-order chi connectivity index (χ1) is 8.72. The number of nitriles is 1. The van der Waals surface area contributed by atoms with E-state index >= 15 is 0 Å². The molecule has 90 valence electrons. The number of aromatic nitrogens is 2. The van der Waals surface area contributed by atoms with E-state index in [0.29, 0.717) is 11.2 Å². The van der Waals surface area contributed by atoms with E-state index in [4.69, 9.17) is 5.26 Å². The molecule has 0 atom stereocenters. The van der Waals surface area contributed by atoms with Crippen molar-refractivity contribution in [1.29, 1.82) is 5.26 Å². The highest BCUT2D eigenvalue weighted by molar-refractivity contribution is 5.30. The van der Waals surface area contributed by atoms with Crippen molar-refractivity contribution in [3.05, 3.63) is 53.9 Å². The van der Waals surface area contributed by atoms with Crippen LogP contribution in [0.25, 0.3) is 5.69 Å². The molecule has 2 rings (SSSR count). The number of alkyl halides is 2. The molecule has 2 aromatic heterocycles. The van der Waals surface area contributed by atoms with E-state index < -0.39 is 6.43 Å². The Balaban J connectivity index is 2.50. The van der Waals surface area contributed by atoms with Crippen molar-refractivity contribution in [3.8, 4) is 11.9 Å². The van der Waals surface area contributed by atoms with Crippen LogP contribution in [0.5, 0.6) is 0 Å². The summed E-state index contributed by atoms with van der Waals surface area (Å²) in [6.45, 7) is 0. The van der Waals surface area contributed by atoms with Crippen LogP contribution in [-0.2, 0) is 0 Å². The van der Waals surface area contributed by atoms with Crippen molar-refractivity contribution in [3.63, 3.8) is 0 Å². The van der Waals surface area contributed by atoms with Crippen LogP contribution in [0, 0.1) is 11.5 Å². The van der Waals surface area contributed by atoms with Crippen molar-refractivity contribution in [2.24, 2.45) is 4.99 Å². The van der Waals surface area contributed by atoms with Crippen LogP contribution >= 0.6 is 0 Å². The van der Waals surface area contributed by atoms with E-state index in [9.17, 15) is 8.78 Å². The smallest absolute Gasteiger partial charge is 0.280 e. The van der Waals surface area contributed by atoms with Gasteiger partial charge in [0.1, 0.15) is 11.2 Å². The van der Waals surface area contributed by atoms with Crippen LogP contribution in [0.3, 0.4) is 0 Å². The molecule has 0 spiro atoms. The third-order valence-electron chi connectivity index (χ3n) is 2.28. The first-order valence-electron chi connectivity index (χ1n) is 5.07. The highest BCUT2D eigenvalue weighted by Gasteiger charge is 2.08. The van der Waals surface area contributed by atoms with Gasteiger partial charge in [-0.05, 0) is 24.3 Å². The zero-order valence-corrected chi connectivity index (χ0v) is 9.16. The summed E-state index contributed by atoms with van der Waals surface area (Å²) in [7, 11) is 0. The molecule has 0 bridgehead atoms. The van der Waals surface area contributed by atoms with Gasteiger partial charge in [0, 0.05) is 6.20 Å². The molecule has 0 aromatic carbocycles. The second-order valence-electron chi connectivity index (χ2n) is 3.38. The molecular formula is C12H8F2N4. The monoisotopic (exact) mass is 246 g/mol.